The Labute approximate surface area is 110 Å². The molecule has 3 rings (SSSR count). The van der Waals surface area contributed by atoms with Crippen LogP contribution in [0, 0.1) is 12.8 Å². The van der Waals surface area contributed by atoms with Gasteiger partial charge in [-0.25, -0.2) is 0 Å². The number of aryl methyl sites for hydroxylation is 1. The van der Waals surface area contributed by atoms with E-state index in [0.29, 0.717) is 0 Å². The van der Waals surface area contributed by atoms with E-state index in [0.717, 1.165) is 24.2 Å². The van der Waals surface area contributed by atoms with Crippen molar-refractivity contribution in [3.8, 4) is 0 Å². The lowest BCUT2D eigenvalue weighted by molar-refractivity contribution is 0.250. The molecule has 3 heteroatoms. The van der Waals surface area contributed by atoms with Gasteiger partial charge in [-0.05, 0) is 56.8 Å². The third-order valence-corrected chi connectivity index (χ3v) is 4.08. The summed E-state index contributed by atoms with van der Waals surface area (Å²) < 4.78 is 0. The second-order valence-electron chi connectivity index (χ2n) is 5.79. The number of pyridine rings is 1. The van der Waals surface area contributed by atoms with Gasteiger partial charge in [0.2, 0.25) is 0 Å². The highest BCUT2D eigenvalue weighted by Crippen LogP contribution is 2.33. The van der Waals surface area contributed by atoms with Gasteiger partial charge in [0.05, 0.1) is 0 Å². The second kappa shape index (κ2) is 5.37. The quantitative estimate of drug-likeness (QED) is 0.882. The number of hydrogen-bond acceptors (Lipinski definition) is 3. The first-order valence-electron chi connectivity index (χ1n) is 7.18. The Morgan fingerprint density at radius 3 is 3.00 bits per heavy atom. The smallest absolute Gasteiger partial charge is 0.0372 e. The summed E-state index contributed by atoms with van der Waals surface area (Å²) in [6.07, 6.45) is 6.15. The Bertz CT molecular complexity index is 383. The van der Waals surface area contributed by atoms with Crippen LogP contribution < -0.4 is 5.32 Å². The molecule has 3 nitrogen and oxygen atoms in total. The molecule has 1 unspecified atom stereocenters. The first kappa shape index (κ1) is 12.1. The number of aromatic nitrogens is 1. The van der Waals surface area contributed by atoms with Crippen molar-refractivity contribution in [1.82, 2.24) is 15.2 Å². The predicted molar refractivity (Wildman–Crippen MR) is 73.4 cm³/mol. The van der Waals surface area contributed by atoms with Crippen LogP contribution in [0.4, 0.5) is 0 Å². The molecule has 1 saturated carbocycles. The fraction of sp³-hybridized carbons (Fsp3) is 0.667. The van der Waals surface area contributed by atoms with Crippen molar-refractivity contribution < 1.29 is 0 Å². The zero-order chi connectivity index (χ0) is 12.4. The fourth-order valence-electron chi connectivity index (χ4n) is 2.83. The van der Waals surface area contributed by atoms with Gasteiger partial charge in [0.1, 0.15) is 0 Å². The molecule has 18 heavy (non-hydrogen) atoms. The number of nitrogens with zero attached hydrogens (tertiary/aromatic N) is 2. The molecule has 1 N–H and O–H groups in total. The van der Waals surface area contributed by atoms with Crippen LogP contribution in [0.1, 0.15) is 30.5 Å². The fourth-order valence-corrected chi connectivity index (χ4v) is 2.83. The number of rotatable bonds is 3. The zero-order valence-corrected chi connectivity index (χ0v) is 11.2. The van der Waals surface area contributed by atoms with E-state index in [9.17, 15) is 0 Å². The summed E-state index contributed by atoms with van der Waals surface area (Å²) in [7, 11) is 0. The van der Waals surface area contributed by atoms with Crippen LogP contribution in [0.25, 0.3) is 0 Å². The maximum atomic E-state index is 4.39. The second-order valence-corrected chi connectivity index (χ2v) is 5.79. The molecule has 1 aromatic heterocycles. The van der Waals surface area contributed by atoms with Crippen molar-refractivity contribution in [2.45, 2.75) is 38.8 Å². The van der Waals surface area contributed by atoms with Crippen molar-refractivity contribution >= 4 is 0 Å². The van der Waals surface area contributed by atoms with Gasteiger partial charge in [0.25, 0.3) is 0 Å². The maximum absolute atomic E-state index is 4.39. The molecule has 0 aromatic carbocycles. The Balaban J connectivity index is 1.61. The highest BCUT2D eigenvalue weighted by atomic mass is 15.2. The standard InChI is InChI=1S/C15H23N3/c1-12-3-4-13(9-17-12)10-18-8-2-7-16-15(11-18)14-5-6-14/h3-4,9,14-16H,2,5-8,10-11H2,1H3. The molecule has 0 amide bonds. The van der Waals surface area contributed by atoms with Gasteiger partial charge in [-0.3, -0.25) is 9.88 Å². The average molecular weight is 245 g/mol. The normalized spacial score (nSPS) is 25.9. The lowest BCUT2D eigenvalue weighted by atomic mass is 10.1. The molecule has 1 saturated heterocycles. The molecule has 0 bridgehead atoms. The van der Waals surface area contributed by atoms with E-state index in [1.54, 1.807) is 0 Å². The summed E-state index contributed by atoms with van der Waals surface area (Å²) >= 11 is 0. The highest BCUT2D eigenvalue weighted by Gasteiger charge is 2.32. The molecule has 2 fully saturated rings. The Hall–Kier alpha value is -0.930. The summed E-state index contributed by atoms with van der Waals surface area (Å²) in [6, 6.07) is 5.06. The predicted octanol–water partition coefficient (Wildman–Crippen LogP) is 1.96. The Morgan fingerprint density at radius 1 is 1.39 bits per heavy atom. The van der Waals surface area contributed by atoms with Crippen molar-refractivity contribution in [3.63, 3.8) is 0 Å². The minimum atomic E-state index is 0.728. The minimum Gasteiger partial charge on any atom is -0.312 e. The summed E-state index contributed by atoms with van der Waals surface area (Å²) in [5.74, 6) is 0.946. The Kier molecular flexibility index (Phi) is 3.62. The molecule has 0 spiro atoms. The van der Waals surface area contributed by atoms with Gasteiger partial charge in [0.15, 0.2) is 0 Å². The topological polar surface area (TPSA) is 28.2 Å². The van der Waals surface area contributed by atoms with Gasteiger partial charge < -0.3 is 5.32 Å². The first-order chi connectivity index (χ1) is 8.81. The summed E-state index contributed by atoms with van der Waals surface area (Å²) in [5, 5.41) is 3.71. The molecule has 1 aliphatic carbocycles. The van der Waals surface area contributed by atoms with E-state index in [-0.39, 0.29) is 0 Å². The monoisotopic (exact) mass is 245 g/mol. The lowest BCUT2D eigenvalue weighted by Gasteiger charge is -2.24. The van der Waals surface area contributed by atoms with Crippen LogP contribution in [-0.4, -0.2) is 35.6 Å². The molecular formula is C15H23N3. The minimum absolute atomic E-state index is 0.728. The van der Waals surface area contributed by atoms with Crippen LogP contribution in [0.15, 0.2) is 18.3 Å². The van der Waals surface area contributed by atoms with Crippen LogP contribution in [-0.2, 0) is 6.54 Å². The summed E-state index contributed by atoms with van der Waals surface area (Å²) in [4.78, 5) is 6.98. The molecule has 2 aliphatic rings. The van der Waals surface area contributed by atoms with Crippen LogP contribution in [0.3, 0.4) is 0 Å². The van der Waals surface area contributed by atoms with E-state index in [1.165, 1.54) is 44.5 Å². The SMILES string of the molecule is Cc1ccc(CN2CCCNC(C3CC3)C2)cn1. The molecule has 1 atom stereocenters. The molecule has 98 valence electrons. The third-order valence-electron chi connectivity index (χ3n) is 4.08. The molecule has 0 radical (unpaired) electrons. The lowest BCUT2D eigenvalue weighted by Crippen LogP contribution is -2.38. The van der Waals surface area contributed by atoms with E-state index < -0.39 is 0 Å². The van der Waals surface area contributed by atoms with Gasteiger partial charge in [-0.2, -0.15) is 0 Å². The number of nitrogens with one attached hydrogen (secondary N) is 1. The van der Waals surface area contributed by atoms with Crippen LogP contribution in [0.5, 0.6) is 0 Å². The van der Waals surface area contributed by atoms with Gasteiger partial charge in [-0.1, -0.05) is 6.07 Å². The average Bonchev–Trinajstić information content (AvgIpc) is 3.18. The van der Waals surface area contributed by atoms with Gasteiger partial charge in [-0.15, -0.1) is 0 Å². The van der Waals surface area contributed by atoms with Gasteiger partial charge >= 0.3 is 0 Å². The van der Waals surface area contributed by atoms with E-state index in [1.807, 2.05) is 13.1 Å². The largest absolute Gasteiger partial charge is 0.312 e. The summed E-state index contributed by atoms with van der Waals surface area (Å²) in [6.45, 7) is 6.70. The first-order valence-corrected chi connectivity index (χ1v) is 7.18. The maximum Gasteiger partial charge on any atom is 0.0372 e. The van der Waals surface area contributed by atoms with Crippen molar-refractivity contribution in [1.29, 1.82) is 0 Å². The Morgan fingerprint density at radius 2 is 2.28 bits per heavy atom. The van der Waals surface area contributed by atoms with Crippen molar-refractivity contribution in [2.24, 2.45) is 5.92 Å². The van der Waals surface area contributed by atoms with Gasteiger partial charge in [0, 0.05) is 31.0 Å². The molecule has 2 heterocycles. The van der Waals surface area contributed by atoms with Crippen LogP contribution in [0.2, 0.25) is 0 Å². The van der Waals surface area contributed by atoms with E-state index in [4.69, 9.17) is 0 Å². The van der Waals surface area contributed by atoms with E-state index in [2.05, 4.69) is 27.3 Å². The molecule has 1 aromatic rings. The number of hydrogen-bond donors (Lipinski definition) is 1. The molecular weight excluding hydrogens is 222 g/mol. The zero-order valence-electron chi connectivity index (χ0n) is 11.2. The van der Waals surface area contributed by atoms with Crippen molar-refractivity contribution in [2.75, 3.05) is 19.6 Å². The van der Waals surface area contributed by atoms with E-state index >= 15 is 0 Å². The van der Waals surface area contributed by atoms with Crippen LogP contribution >= 0.6 is 0 Å². The highest BCUT2D eigenvalue weighted by molar-refractivity contribution is 5.13. The van der Waals surface area contributed by atoms with Crippen molar-refractivity contribution in [3.05, 3.63) is 29.6 Å². The molecule has 1 aliphatic heterocycles. The summed E-state index contributed by atoms with van der Waals surface area (Å²) in [5.41, 5.74) is 2.45. The third kappa shape index (κ3) is 3.09.